The van der Waals surface area contributed by atoms with Crippen molar-refractivity contribution in [3.8, 4) is 22.9 Å². The van der Waals surface area contributed by atoms with E-state index in [1.807, 2.05) is 36.4 Å². The van der Waals surface area contributed by atoms with Crippen LogP contribution in [0, 0.1) is 4.77 Å². The lowest BCUT2D eigenvalue weighted by Crippen LogP contribution is -2.21. The lowest BCUT2D eigenvalue weighted by Gasteiger charge is -2.21. The molecule has 1 heterocycles. The van der Waals surface area contributed by atoms with Crippen LogP contribution in [0.3, 0.4) is 0 Å². The van der Waals surface area contributed by atoms with E-state index in [1.165, 1.54) is 4.68 Å². The van der Waals surface area contributed by atoms with Crippen LogP contribution < -0.4 is 9.64 Å². The Morgan fingerprint density at radius 1 is 1.25 bits per heavy atom. The van der Waals surface area contributed by atoms with Crippen molar-refractivity contribution >= 4 is 24.1 Å². The first-order chi connectivity index (χ1) is 13.6. The number of rotatable bonds is 7. The second-order valence-corrected chi connectivity index (χ2v) is 6.44. The first-order valence-corrected chi connectivity index (χ1v) is 9.42. The first kappa shape index (κ1) is 19.6. The van der Waals surface area contributed by atoms with Gasteiger partial charge in [0.1, 0.15) is 11.5 Å². The van der Waals surface area contributed by atoms with Gasteiger partial charge in [-0.25, -0.2) is 5.10 Å². The number of methoxy groups -OCH3 is 1. The number of aromatic amines is 1. The van der Waals surface area contributed by atoms with Gasteiger partial charge in [0, 0.05) is 36.0 Å². The minimum atomic E-state index is 0.158. The molecule has 0 bridgehead atoms. The average Bonchev–Trinajstić information content (AvgIpc) is 3.09. The topological polar surface area (TPSA) is 78.7 Å². The van der Waals surface area contributed by atoms with Gasteiger partial charge in [-0.3, -0.25) is 0 Å². The molecule has 146 valence electrons. The fraction of sp³-hybridized carbons (Fsp3) is 0.250. The van der Waals surface area contributed by atoms with Gasteiger partial charge in [-0.05, 0) is 50.3 Å². The molecule has 0 aliphatic rings. The van der Waals surface area contributed by atoms with Crippen LogP contribution in [0.25, 0.3) is 11.4 Å². The highest BCUT2D eigenvalue weighted by Gasteiger charge is 2.10. The molecule has 3 rings (SSSR count). The highest BCUT2D eigenvalue weighted by molar-refractivity contribution is 7.71. The van der Waals surface area contributed by atoms with Crippen LogP contribution in [-0.4, -0.2) is 46.4 Å². The summed E-state index contributed by atoms with van der Waals surface area (Å²) in [5.41, 5.74) is 2.37. The molecule has 0 aliphatic carbocycles. The molecule has 0 spiro atoms. The molecule has 0 amide bonds. The Morgan fingerprint density at radius 2 is 2.04 bits per heavy atom. The van der Waals surface area contributed by atoms with Crippen molar-refractivity contribution in [2.45, 2.75) is 13.8 Å². The number of phenols is 1. The summed E-state index contributed by atoms with van der Waals surface area (Å²) >= 11 is 5.30. The van der Waals surface area contributed by atoms with Gasteiger partial charge in [0.25, 0.3) is 0 Å². The van der Waals surface area contributed by atoms with Crippen molar-refractivity contribution in [2.24, 2.45) is 5.10 Å². The Labute approximate surface area is 168 Å². The number of benzene rings is 2. The van der Waals surface area contributed by atoms with Crippen LogP contribution in [-0.2, 0) is 0 Å². The Kier molecular flexibility index (Phi) is 6.10. The molecule has 7 nitrogen and oxygen atoms in total. The van der Waals surface area contributed by atoms with Crippen molar-refractivity contribution in [1.29, 1.82) is 0 Å². The van der Waals surface area contributed by atoms with Gasteiger partial charge >= 0.3 is 0 Å². The molecule has 28 heavy (non-hydrogen) atoms. The number of aromatic hydroxyl groups is 1. The molecular weight excluding hydrogens is 374 g/mol. The van der Waals surface area contributed by atoms with E-state index in [4.69, 9.17) is 17.0 Å². The third-order valence-corrected chi connectivity index (χ3v) is 4.70. The van der Waals surface area contributed by atoms with E-state index >= 15 is 0 Å². The van der Waals surface area contributed by atoms with E-state index in [2.05, 4.69) is 34.0 Å². The number of nitrogens with zero attached hydrogens (tertiary/aromatic N) is 4. The summed E-state index contributed by atoms with van der Waals surface area (Å²) in [6.07, 6.45) is 1.57. The zero-order chi connectivity index (χ0) is 20.1. The molecule has 8 heteroatoms. The number of phenolic OH excluding ortho intramolecular Hbond substituents is 1. The average molecular weight is 398 g/mol. The molecule has 0 unspecified atom stereocenters. The summed E-state index contributed by atoms with van der Waals surface area (Å²) in [6, 6.07) is 13.0. The predicted molar refractivity (Wildman–Crippen MR) is 114 cm³/mol. The largest absolute Gasteiger partial charge is 0.507 e. The lowest BCUT2D eigenvalue weighted by molar-refractivity contribution is 0.415. The fourth-order valence-corrected chi connectivity index (χ4v) is 3.07. The van der Waals surface area contributed by atoms with E-state index in [0.29, 0.717) is 21.9 Å². The quantitative estimate of drug-likeness (QED) is 0.464. The Morgan fingerprint density at radius 3 is 2.71 bits per heavy atom. The molecule has 2 N–H and O–H groups in total. The van der Waals surface area contributed by atoms with E-state index in [1.54, 1.807) is 19.4 Å². The number of ether oxygens (including phenoxy) is 1. The SMILES string of the molecule is CCN(CC)c1ccc(/C=N/n2c(-c3cccc(OC)c3)n[nH]c2=S)c(O)c1. The molecule has 3 aromatic rings. The number of H-pyrrole nitrogens is 1. The second kappa shape index (κ2) is 8.71. The molecule has 0 atom stereocenters. The van der Waals surface area contributed by atoms with Gasteiger partial charge in [-0.15, -0.1) is 0 Å². The summed E-state index contributed by atoms with van der Waals surface area (Å²) in [5, 5.41) is 21.8. The Balaban J connectivity index is 1.93. The van der Waals surface area contributed by atoms with Gasteiger partial charge in [0.05, 0.1) is 13.3 Å². The van der Waals surface area contributed by atoms with Crippen molar-refractivity contribution in [2.75, 3.05) is 25.1 Å². The monoisotopic (exact) mass is 397 g/mol. The third kappa shape index (κ3) is 4.07. The summed E-state index contributed by atoms with van der Waals surface area (Å²) in [4.78, 5) is 2.16. The van der Waals surface area contributed by atoms with Crippen LogP contribution in [0.1, 0.15) is 19.4 Å². The zero-order valence-corrected chi connectivity index (χ0v) is 16.9. The summed E-state index contributed by atoms with van der Waals surface area (Å²) in [7, 11) is 1.61. The maximum atomic E-state index is 10.4. The smallest absolute Gasteiger partial charge is 0.216 e. The van der Waals surface area contributed by atoms with Crippen LogP contribution in [0.4, 0.5) is 5.69 Å². The third-order valence-electron chi connectivity index (χ3n) is 4.43. The van der Waals surface area contributed by atoms with Crippen LogP contribution >= 0.6 is 12.2 Å². The van der Waals surface area contributed by atoms with Crippen molar-refractivity contribution < 1.29 is 9.84 Å². The minimum absolute atomic E-state index is 0.158. The molecule has 0 saturated heterocycles. The standard InChI is InChI=1S/C20H23N5O2S/c1-4-24(5-2)16-10-9-15(18(26)12-16)13-21-25-19(22-23-20(25)28)14-7-6-8-17(11-14)27-3/h6-13,26H,4-5H2,1-3H3,(H,23,28)/b21-13+. The summed E-state index contributed by atoms with van der Waals surface area (Å²) in [6.45, 7) is 5.91. The highest BCUT2D eigenvalue weighted by Crippen LogP contribution is 2.25. The van der Waals surface area contributed by atoms with Gasteiger partial charge in [0.15, 0.2) is 5.82 Å². The molecule has 0 aliphatic heterocycles. The molecule has 0 fully saturated rings. The number of aromatic nitrogens is 3. The second-order valence-electron chi connectivity index (χ2n) is 6.06. The molecule has 0 saturated carbocycles. The van der Waals surface area contributed by atoms with Gasteiger partial charge < -0.3 is 14.7 Å². The van der Waals surface area contributed by atoms with Crippen LogP contribution in [0.2, 0.25) is 0 Å². The molecule has 2 aromatic carbocycles. The molecule has 1 aromatic heterocycles. The number of nitrogens with one attached hydrogen (secondary N) is 1. The predicted octanol–water partition coefficient (Wildman–Crippen LogP) is 4.05. The summed E-state index contributed by atoms with van der Waals surface area (Å²) < 4.78 is 7.14. The molecular formula is C20H23N5O2S. The van der Waals surface area contributed by atoms with E-state index in [0.717, 1.165) is 24.3 Å². The fourth-order valence-electron chi connectivity index (χ4n) is 2.89. The summed E-state index contributed by atoms with van der Waals surface area (Å²) in [5.74, 6) is 1.43. The van der Waals surface area contributed by atoms with E-state index in [9.17, 15) is 5.11 Å². The highest BCUT2D eigenvalue weighted by atomic mass is 32.1. The zero-order valence-electron chi connectivity index (χ0n) is 16.1. The number of hydrogen-bond donors (Lipinski definition) is 2. The maximum Gasteiger partial charge on any atom is 0.216 e. The maximum absolute atomic E-state index is 10.4. The van der Waals surface area contributed by atoms with E-state index in [-0.39, 0.29) is 5.75 Å². The van der Waals surface area contributed by atoms with Crippen molar-refractivity contribution in [1.82, 2.24) is 14.9 Å². The van der Waals surface area contributed by atoms with Crippen LogP contribution in [0.5, 0.6) is 11.5 Å². The number of anilines is 1. The Bertz CT molecular complexity index is 1040. The van der Waals surface area contributed by atoms with Crippen molar-refractivity contribution in [3.05, 3.63) is 52.8 Å². The lowest BCUT2D eigenvalue weighted by atomic mass is 10.2. The van der Waals surface area contributed by atoms with Gasteiger partial charge in [0.2, 0.25) is 4.77 Å². The normalized spacial score (nSPS) is 11.1. The van der Waals surface area contributed by atoms with E-state index < -0.39 is 0 Å². The Hall–Kier alpha value is -3.13. The number of hydrogen-bond acceptors (Lipinski definition) is 6. The van der Waals surface area contributed by atoms with Gasteiger partial charge in [-0.2, -0.15) is 14.9 Å². The first-order valence-electron chi connectivity index (χ1n) is 9.01. The minimum Gasteiger partial charge on any atom is -0.507 e. The van der Waals surface area contributed by atoms with Crippen LogP contribution in [0.15, 0.2) is 47.6 Å². The van der Waals surface area contributed by atoms with Gasteiger partial charge in [-0.1, -0.05) is 12.1 Å². The molecule has 0 radical (unpaired) electrons. The van der Waals surface area contributed by atoms with Crippen molar-refractivity contribution in [3.63, 3.8) is 0 Å².